The Balaban J connectivity index is 1.73. The highest BCUT2D eigenvalue weighted by Crippen LogP contribution is 2.31. The van der Waals surface area contributed by atoms with Crippen molar-refractivity contribution < 1.29 is 14.4 Å². The molecular formula is C16H17ClN4O3. The summed E-state index contributed by atoms with van der Waals surface area (Å²) in [6.07, 6.45) is 1.92. The Labute approximate surface area is 144 Å². The average Bonchev–Trinajstić information content (AvgIpc) is 2.96. The Bertz CT molecular complexity index is 747. The molecule has 0 aliphatic carbocycles. The van der Waals surface area contributed by atoms with Gasteiger partial charge in [-0.1, -0.05) is 11.6 Å². The van der Waals surface area contributed by atoms with Gasteiger partial charge < -0.3 is 10.2 Å². The monoisotopic (exact) mass is 348 g/mol. The molecule has 3 rings (SSSR count). The van der Waals surface area contributed by atoms with Crippen LogP contribution in [0.15, 0.2) is 23.3 Å². The summed E-state index contributed by atoms with van der Waals surface area (Å²) in [6.45, 7) is 0.654. The first-order valence-corrected chi connectivity index (χ1v) is 8.09. The van der Waals surface area contributed by atoms with Crippen molar-refractivity contribution in [1.82, 2.24) is 5.01 Å². The van der Waals surface area contributed by atoms with Crippen molar-refractivity contribution >= 4 is 46.4 Å². The number of hydrogen-bond acceptors (Lipinski definition) is 4. The number of nitrogens with one attached hydrogen (secondary N) is 1. The molecule has 3 amide bonds. The van der Waals surface area contributed by atoms with E-state index in [1.54, 1.807) is 23.1 Å². The molecule has 2 aliphatic rings. The molecular weight excluding hydrogens is 332 g/mol. The van der Waals surface area contributed by atoms with Gasteiger partial charge in [-0.25, -0.2) is 5.01 Å². The summed E-state index contributed by atoms with van der Waals surface area (Å²) < 4.78 is 0. The number of amides is 3. The minimum atomic E-state index is -0.365. The van der Waals surface area contributed by atoms with Crippen molar-refractivity contribution in [2.24, 2.45) is 5.10 Å². The second-order valence-electron chi connectivity index (χ2n) is 5.73. The Hall–Kier alpha value is -2.41. The van der Waals surface area contributed by atoms with Gasteiger partial charge in [-0.05, 0) is 24.6 Å². The maximum atomic E-state index is 12.2. The molecule has 1 aromatic carbocycles. The molecule has 8 heteroatoms. The summed E-state index contributed by atoms with van der Waals surface area (Å²) in [6, 6.07) is 5.03. The minimum absolute atomic E-state index is 0.0537. The van der Waals surface area contributed by atoms with E-state index in [1.807, 2.05) is 0 Å². The molecule has 0 saturated carbocycles. The van der Waals surface area contributed by atoms with Gasteiger partial charge >= 0.3 is 0 Å². The highest BCUT2D eigenvalue weighted by Gasteiger charge is 2.25. The maximum Gasteiger partial charge on any atom is 0.271 e. The molecule has 7 nitrogen and oxygen atoms in total. The van der Waals surface area contributed by atoms with Gasteiger partial charge in [0.2, 0.25) is 11.8 Å². The molecule has 2 aliphatic heterocycles. The molecule has 0 spiro atoms. The molecule has 0 unspecified atom stereocenters. The van der Waals surface area contributed by atoms with Crippen LogP contribution < -0.4 is 10.2 Å². The van der Waals surface area contributed by atoms with Crippen LogP contribution in [0.5, 0.6) is 0 Å². The predicted octanol–water partition coefficient (Wildman–Crippen LogP) is 2.01. The molecule has 126 valence electrons. The van der Waals surface area contributed by atoms with E-state index < -0.39 is 0 Å². The second kappa shape index (κ2) is 6.60. The Morgan fingerprint density at radius 2 is 2.00 bits per heavy atom. The van der Waals surface area contributed by atoms with E-state index in [4.69, 9.17) is 11.6 Å². The topological polar surface area (TPSA) is 82.1 Å². The SMILES string of the molecule is CN1N=C(C(=O)Nc2ccc(N3CCCC3=O)c(Cl)c2)CCC1=O. The van der Waals surface area contributed by atoms with Crippen molar-refractivity contribution in [3.05, 3.63) is 23.2 Å². The number of anilines is 2. The summed E-state index contributed by atoms with van der Waals surface area (Å²) in [5, 5.41) is 8.27. The lowest BCUT2D eigenvalue weighted by Gasteiger charge is -2.20. The van der Waals surface area contributed by atoms with Gasteiger partial charge in [0.15, 0.2) is 0 Å². The Morgan fingerprint density at radius 1 is 1.21 bits per heavy atom. The lowest BCUT2D eigenvalue weighted by Crippen LogP contribution is -2.34. The van der Waals surface area contributed by atoms with Crippen LogP contribution in [0, 0.1) is 0 Å². The standard InChI is InChI=1S/C16H17ClN4O3/c1-20-14(22)7-5-12(19-20)16(24)18-10-4-6-13(11(17)9-10)21-8-2-3-15(21)23/h4,6,9H,2-3,5,7-8H2,1H3,(H,18,24). The first-order chi connectivity index (χ1) is 11.5. The van der Waals surface area contributed by atoms with Gasteiger partial charge in [-0.2, -0.15) is 5.10 Å². The molecule has 1 saturated heterocycles. The summed E-state index contributed by atoms with van der Waals surface area (Å²) in [5.74, 6) is -0.428. The van der Waals surface area contributed by atoms with Crippen LogP contribution in [0.1, 0.15) is 25.7 Å². The number of rotatable bonds is 3. The highest BCUT2D eigenvalue weighted by atomic mass is 35.5. The van der Waals surface area contributed by atoms with E-state index in [9.17, 15) is 14.4 Å². The lowest BCUT2D eigenvalue weighted by molar-refractivity contribution is -0.130. The molecule has 1 N–H and O–H groups in total. The summed E-state index contributed by atoms with van der Waals surface area (Å²) in [7, 11) is 1.52. The Kier molecular flexibility index (Phi) is 4.53. The van der Waals surface area contributed by atoms with Crippen LogP contribution in [0.3, 0.4) is 0 Å². The molecule has 2 heterocycles. The van der Waals surface area contributed by atoms with Crippen molar-refractivity contribution in [2.45, 2.75) is 25.7 Å². The summed E-state index contributed by atoms with van der Waals surface area (Å²) in [5.41, 5.74) is 1.46. The number of carbonyl (C=O) groups excluding carboxylic acids is 3. The normalized spacial score (nSPS) is 18.0. The molecule has 1 fully saturated rings. The van der Waals surface area contributed by atoms with Gasteiger partial charge in [0.05, 0.1) is 10.7 Å². The highest BCUT2D eigenvalue weighted by molar-refractivity contribution is 6.43. The van der Waals surface area contributed by atoms with E-state index in [0.717, 1.165) is 6.42 Å². The zero-order valence-electron chi connectivity index (χ0n) is 13.2. The smallest absolute Gasteiger partial charge is 0.271 e. The summed E-state index contributed by atoms with van der Waals surface area (Å²) in [4.78, 5) is 37.1. The van der Waals surface area contributed by atoms with Crippen LogP contribution in [-0.4, -0.2) is 42.0 Å². The number of halogens is 1. The van der Waals surface area contributed by atoms with Crippen molar-refractivity contribution in [1.29, 1.82) is 0 Å². The number of benzene rings is 1. The zero-order valence-corrected chi connectivity index (χ0v) is 14.0. The van der Waals surface area contributed by atoms with Crippen LogP contribution in [0.25, 0.3) is 0 Å². The fourth-order valence-electron chi connectivity index (χ4n) is 2.74. The summed E-state index contributed by atoms with van der Waals surface area (Å²) >= 11 is 6.26. The average molecular weight is 349 g/mol. The van der Waals surface area contributed by atoms with Crippen LogP contribution in [-0.2, 0) is 14.4 Å². The maximum absolute atomic E-state index is 12.2. The molecule has 24 heavy (non-hydrogen) atoms. The van der Waals surface area contributed by atoms with Crippen molar-refractivity contribution in [3.8, 4) is 0 Å². The van der Waals surface area contributed by atoms with Crippen LogP contribution in [0.2, 0.25) is 5.02 Å². The van der Waals surface area contributed by atoms with E-state index in [-0.39, 0.29) is 24.1 Å². The van der Waals surface area contributed by atoms with Gasteiger partial charge in [0, 0.05) is 38.5 Å². The molecule has 0 aromatic heterocycles. The third kappa shape index (κ3) is 3.26. The van der Waals surface area contributed by atoms with E-state index in [1.165, 1.54) is 12.1 Å². The van der Waals surface area contributed by atoms with E-state index in [2.05, 4.69) is 10.4 Å². The van der Waals surface area contributed by atoms with Crippen molar-refractivity contribution in [3.63, 3.8) is 0 Å². The molecule has 0 atom stereocenters. The van der Waals surface area contributed by atoms with Crippen LogP contribution >= 0.6 is 11.6 Å². The largest absolute Gasteiger partial charge is 0.321 e. The first-order valence-electron chi connectivity index (χ1n) is 7.71. The van der Waals surface area contributed by atoms with E-state index in [0.29, 0.717) is 41.5 Å². The third-order valence-electron chi connectivity index (χ3n) is 4.04. The zero-order chi connectivity index (χ0) is 17.3. The fourth-order valence-corrected chi connectivity index (χ4v) is 3.03. The third-order valence-corrected chi connectivity index (χ3v) is 4.34. The minimum Gasteiger partial charge on any atom is -0.321 e. The fraction of sp³-hybridized carbons (Fsp3) is 0.375. The Morgan fingerprint density at radius 3 is 2.62 bits per heavy atom. The number of hydrazone groups is 1. The predicted molar refractivity (Wildman–Crippen MR) is 91.1 cm³/mol. The molecule has 1 aromatic rings. The lowest BCUT2D eigenvalue weighted by atomic mass is 10.1. The van der Waals surface area contributed by atoms with Gasteiger partial charge in [0.25, 0.3) is 5.91 Å². The van der Waals surface area contributed by atoms with E-state index >= 15 is 0 Å². The van der Waals surface area contributed by atoms with Gasteiger partial charge in [-0.3, -0.25) is 14.4 Å². The van der Waals surface area contributed by atoms with Crippen molar-refractivity contribution in [2.75, 3.05) is 23.8 Å². The molecule has 0 bridgehead atoms. The van der Waals surface area contributed by atoms with Gasteiger partial charge in [-0.15, -0.1) is 0 Å². The second-order valence-corrected chi connectivity index (χ2v) is 6.14. The number of nitrogens with zero attached hydrogens (tertiary/aromatic N) is 3. The quantitative estimate of drug-likeness (QED) is 0.907. The molecule has 0 radical (unpaired) electrons. The van der Waals surface area contributed by atoms with Gasteiger partial charge in [0.1, 0.15) is 5.71 Å². The number of carbonyl (C=O) groups is 3. The number of hydrogen-bond donors (Lipinski definition) is 1. The van der Waals surface area contributed by atoms with Crippen LogP contribution in [0.4, 0.5) is 11.4 Å². The first kappa shape index (κ1) is 16.4.